The van der Waals surface area contributed by atoms with Gasteiger partial charge in [0.15, 0.2) is 4.47 Å². The third-order valence-electron chi connectivity index (χ3n) is 2.47. The predicted octanol–water partition coefficient (Wildman–Crippen LogP) is 1.99. The number of rotatable bonds is 3. The first-order valence-electron chi connectivity index (χ1n) is 4.95. The Labute approximate surface area is 104 Å². The third-order valence-corrected chi connectivity index (χ3v) is 3.57. The van der Waals surface area contributed by atoms with Crippen LogP contribution in [0.1, 0.15) is 4.88 Å². The normalized spacial score (nSPS) is 23.5. The number of aromatic nitrogens is 1. The van der Waals surface area contributed by atoms with E-state index in [1.807, 2.05) is 19.3 Å². The molecule has 88 valence electrons. The maximum Gasteiger partial charge on any atom is 0.183 e. The van der Waals surface area contributed by atoms with Gasteiger partial charge < -0.3 is 4.74 Å². The van der Waals surface area contributed by atoms with Gasteiger partial charge in [-0.25, -0.2) is 4.98 Å². The lowest BCUT2D eigenvalue weighted by atomic mass is 10.3. The second kappa shape index (κ2) is 5.25. The molecule has 0 N–H and O–H groups in total. The summed E-state index contributed by atoms with van der Waals surface area (Å²) in [4.78, 5) is 9.44. The summed E-state index contributed by atoms with van der Waals surface area (Å²) in [5.74, 6) is 0. The quantitative estimate of drug-likeness (QED) is 0.777. The van der Waals surface area contributed by atoms with Crippen molar-refractivity contribution in [2.24, 2.45) is 0 Å². The zero-order chi connectivity index (χ0) is 11.5. The Hall–Kier alpha value is -0.460. The lowest BCUT2D eigenvalue weighted by Crippen LogP contribution is -2.51. The minimum atomic E-state index is 0.203. The maximum atomic E-state index is 5.80. The molecule has 2 heterocycles. The molecule has 0 aliphatic carbocycles. The molecular weight excluding hydrogens is 246 g/mol. The number of hydrogen-bond donors (Lipinski definition) is 0. The van der Waals surface area contributed by atoms with Crippen LogP contribution in [-0.4, -0.2) is 41.5 Å². The van der Waals surface area contributed by atoms with Crippen molar-refractivity contribution < 1.29 is 4.74 Å². The Bertz CT molecular complexity index is 371. The van der Waals surface area contributed by atoms with E-state index in [0.717, 1.165) is 11.4 Å². The molecule has 0 radical (unpaired) electrons. The zero-order valence-electron chi connectivity index (χ0n) is 9.10. The van der Waals surface area contributed by atoms with Crippen LogP contribution in [0.5, 0.6) is 0 Å². The molecule has 1 aliphatic rings. The summed E-state index contributed by atoms with van der Waals surface area (Å²) in [5.41, 5.74) is 0. The highest BCUT2D eigenvalue weighted by atomic mass is 35.5. The Morgan fingerprint density at radius 2 is 2.56 bits per heavy atom. The summed E-state index contributed by atoms with van der Waals surface area (Å²) in [6.07, 6.45) is 3.93. The second-order valence-corrected chi connectivity index (χ2v) is 5.39. The highest BCUT2D eigenvalue weighted by Gasteiger charge is 2.25. The van der Waals surface area contributed by atoms with Crippen LogP contribution in [0.2, 0.25) is 4.47 Å². The highest BCUT2D eigenvalue weighted by Crippen LogP contribution is 2.22. The van der Waals surface area contributed by atoms with Gasteiger partial charge in [-0.05, 0) is 7.05 Å². The van der Waals surface area contributed by atoms with Crippen LogP contribution in [0.15, 0.2) is 18.9 Å². The topological polar surface area (TPSA) is 28.6 Å². The summed E-state index contributed by atoms with van der Waals surface area (Å²) >= 11 is 7.30. The van der Waals surface area contributed by atoms with E-state index in [4.69, 9.17) is 16.3 Å². The summed E-state index contributed by atoms with van der Waals surface area (Å²) in [6, 6.07) is 0. The van der Waals surface area contributed by atoms with Crippen molar-refractivity contribution in [3.63, 3.8) is 0 Å². The summed E-state index contributed by atoms with van der Waals surface area (Å²) in [7, 11) is 2.01. The van der Waals surface area contributed by atoms with E-state index in [-0.39, 0.29) is 6.17 Å². The highest BCUT2D eigenvalue weighted by molar-refractivity contribution is 7.15. The summed E-state index contributed by atoms with van der Waals surface area (Å²) in [5, 5.41) is 0. The number of ether oxygens (including phenoxy) is 1. The standard InChI is InChI=1S/C10H14ClN3OS/c1-3-9-13(2)6-15-7-14(9)5-8-4-12-10(11)16-8/h3-4,9H,1,5-7H2,2H3. The van der Waals surface area contributed by atoms with Gasteiger partial charge in [0.2, 0.25) is 0 Å². The number of hydrogen-bond acceptors (Lipinski definition) is 5. The first-order chi connectivity index (χ1) is 7.70. The largest absolute Gasteiger partial charge is 0.351 e. The zero-order valence-corrected chi connectivity index (χ0v) is 10.7. The lowest BCUT2D eigenvalue weighted by Gasteiger charge is -2.39. The Kier molecular flexibility index (Phi) is 3.94. The first-order valence-corrected chi connectivity index (χ1v) is 6.15. The fourth-order valence-corrected chi connectivity index (χ4v) is 2.76. The van der Waals surface area contributed by atoms with E-state index in [1.165, 1.54) is 11.3 Å². The molecule has 1 saturated heterocycles. The van der Waals surface area contributed by atoms with E-state index in [1.54, 1.807) is 0 Å². The van der Waals surface area contributed by atoms with Gasteiger partial charge in [-0.15, -0.1) is 17.9 Å². The van der Waals surface area contributed by atoms with E-state index in [9.17, 15) is 0 Å². The molecule has 0 saturated carbocycles. The van der Waals surface area contributed by atoms with Crippen LogP contribution >= 0.6 is 22.9 Å². The second-order valence-electron chi connectivity index (χ2n) is 3.70. The molecule has 1 aromatic heterocycles. The SMILES string of the molecule is C=CC1N(C)COCN1Cc1cnc(Cl)s1. The minimum absolute atomic E-state index is 0.203. The van der Waals surface area contributed by atoms with Gasteiger partial charge >= 0.3 is 0 Å². The Balaban J connectivity index is 2.04. The van der Waals surface area contributed by atoms with Gasteiger partial charge in [0.1, 0.15) is 13.5 Å². The van der Waals surface area contributed by atoms with Crippen molar-refractivity contribution in [2.45, 2.75) is 12.7 Å². The van der Waals surface area contributed by atoms with Crippen molar-refractivity contribution in [2.75, 3.05) is 20.5 Å². The van der Waals surface area contributed by atoms with E-state index >= 15 is 0 Å². The molecule has 1 fully saturated rings. The maximum absolute atomic E-state index is 5.80. The van der Waals surface area contributed by atoms with E-state index < -0.39 is 0 Å². The number of nitrogens with zero attached hydrogens (tertiary/aromatic N) is 3. The van der Waals surface area contributed by atoms with Crippen LogP contribution < -0.4 is 0 Å². The van der Waals surface area contributed by atoms with Gasteiger partial charge in [0, 0.05) is 17.6 Å². The van der Waals surface area contributed by atoms with Crippen LogP contribution in [0, 0.1) is 0 Å². The molecule has 4 nitrogen and oxygen atoms in total. The molecule has 1 atom stereocenters. The minimum Gasteiger partial charge on any atom is -0.351 e. The van der Waals surface area contributed by atoms with E-state index in [2.05, 4.69) is 21.4 Å². The molecule has 0 aromatic carbocycles. The Morgan fingerprint density at radius 1 is 1.75 bits per heavy atom. The smallest absolute Gasteiger partial charge is 0.183 e. The van der Waals surface area contributed by atoms with Crippen LogP contribution in [-0.2, 0) is 11.3 Å². The van der Waals surface area contributed by atoms with Gasteiger partial charge in [-0.1, -0.05) is 17.7 Å². The monoisotopic (exact) mass is 259 g/mol. The Morgan fingerprint density at radius 3 is 3.19 bits per heavy atom. The van der Waals surface area contributed by atoms with Crippen molar-refractivity contribution in [3.8, 4) is 0 Å². The molecule has 0 amide bonds. The first kappa shape index (κ1) is 12.0. The molecule has 6 heteroatoms. The van der Waals surface area contributed by atoms with Crippen molar-refractivity contribution in [1.29, 1.82) is 0 Å². The average Bonchev–Trinajstić information content (AvgIpc) is 2.64. The van der Waals surface area contributed by atoms with Gasteiger partial charge in [0.25, 0.3) is 0 Å². The van der Waals surface area contributed by atoms with Crippen molar-refractivity contribution in [3.05, 3.63) is 28.2 Å². The summed E-state index contributed by atoms with van der Waals surface area (Å²) < 4.78 is 6.04. The van der Waals surface area contributed by atoms with Crippen molar-refractivity contribution in [1.82, 2.24) is 14.8 Å². The molecule has 2 rings (SSSR count). The lowest BCUT2D eigenvalue weighted by molar-refractivity contribution is -0.131. The molecule has 0 spiro atoms. The van der Waals surface area contributed by atoms with Crippen LogP contribution in [0.25, 0.3) is 0 Å². The molecule has 1 aromatic rings. The third kappa shape index (κ3) is 2.61. The molecule has 1 unspecified atom stereocenters. The molecule has 16 heavy (non-hydrogen) atoms. The number of likely N-dealkylation sites (N-methyl/N-ethyl adjacent to an activating group) is 1. The fourth-order valence-electron chi connectivity index (χ4n) is 1.76. The molecule has 0 bridgehead atoms. The van der Waals surface area contributed by atoms with Crippen LogP contribution in [0.3, 0.4) is 0 Å². The summed E-state index contributed by atoms with van der Waals surface area (Å²) in [6.45, 7) is 5.88. The average molecular weight is 260 g/mol. The number of thiazole rings is 1. The van der Waals surface area contributed by atoms with Gasteiger partial charge in [-0.3, -0.25) is 9.80 Å². The van der Waals surface area contributed by atoms with Gasteiger partial charge in [-0.2, -0.15) is 0 Å². The molecule has 1 aliphatic heterocycles. The van der Waals surface area contributed by atoms with Crippen molar-refractivity contribution >= 4 is 22.9 Å². The van der Waals surface area contributed by atoms with E-state index in [0.29, 0.717) is 17.9 Å². The fraction of sp³-hybridized carbons (Fsp3) is 0.500. The van der Waals surface area contributed by atoms with Gasteiger partial charge in [0.05, 0.1) is 6.17 Å². The van der Waals surface area contributed by atoms with Crippen LogP contribution in [0.4, 0.5) is 0 Å². The number of halogens is 1. The molecular formula is C10H14ClN3OS. The predicted molar refractivity (Wildman–Crippen MR) is 65.2 cm³/mol.